The maximum atomic E-state index is 15.4. The van der Waals surface area contributed by atoms with Crippen molar-refractivity contribution >= 4 is 28.3 Å². The number of likely N-dealkylation sites (N-methyl/N-ethyl adjacent to an activating group) is 1. The molecule has 3 heterocycles. The highest BCUT2D eigenvalue weighted by Crippen LogP contribution is 2.48. The summed E-state index contributed by atoms with van der Waals surface area (Å²) in [5.74, 6) is -4.09. The molecule has 10 heteroatoms. The number of carbonyl (C=O) groups excluding carboxylic acids is 1. The third kappa shape index (κ3) is 3.76. The summed E-state index contributed by atoms with van der Waals surface area (Å²) in [4.78, 5) is 23.9. The molecule has 2 aliphatic rings. The molecule has 0 radical (unpaired) electrons. The lowest BCUT2D eigenvalue weighted by atomic mass is 9.81. The summed E-state index contributed by atoms with van der Waals surface area (Å²) in [5, 5.41) is 13.7. The predicted molar refractivity (Wildman–Crippen MR) is 133 cm³/mol. The van der Waals surface area contributed by atoms with E-state index in [1.165, 1.54) is 12.1 Å². The number of benzene rings is 2. The van der Waals surface area contributed by atoms with Crippen molar-refractivity contribution in [2.75, 3.05) is 30.5 Å². The van der Waals surface area contributed by atoms with Gasteiger partial charge in [0.1, 0.15) is 28.5 Å². The Bertz CT molecular complexity index is 1410. The van der Waals surface area contributed by atoms with Crippen molar-refractivity contribution in [3.8, 4) is 0 Å². The maximum absolute atomic E-state index is 15.4. The van der Waals surface area contributed by atoms with Crippen molar-refractivity contribution in [2.24, 2.45) is 0 Å². The molecule has 196 valence electrons. The van der Waals surface area contributed by atoms with Gasteiger partial charge in [0.25, 0.3) is 0 Å². The Kier molecular flexibility index (Phi) is 5.76. The maximum Gasteiger partial charge on any atom is 0.303 e. The lowest BCUT2D eigenvalue weighted by Gasteiger charge is -2.30. The van der Waals surface area contributed by atoms with Gasteiger partial charge < -0.3 is 20.1 Å². The number of carbonyl (C=O) groups is 1. The van der Waals surface area contributed by atoms with E-state index in [1.807, 2.05) is 12.1 Å². The van der Waals surface area contributed by atoms with E-state index in [9.17, 15) is 18.7 Å². The Balaban J connectivity index is 1.57. The number of aryl methyl sites for hydroxylation is 1. The SMILES string of the molecule is Cc1nc(N[C@H](C)c2cccc(C(F)(F)C(C)(C)O)c2F)c2cc3c(cc2n1)[C@@]1(CCOC1)C(=O)N3C. The highest BCUT2D eigenvalue weighted by atomic mass is 19.3. The van der Waals surface area contributed by atoms with E-state index in [0.29, 0.717) is 42.2 Å². The predicted octanol–water partition coefficient (Wildman–Crippen LogP) is 4.75. The van der Waals surface area contributed by atoms with E-state index in [0.717, 1.165) is 31.2 Å². The zero-order valence-electron chi connectivity index (χ0n) is 21.3. The molecule has 0 bridgehead atoms. The summed E-state index contributed by atoms with van der Waals surface area (Å²) in [6.07, 6.45) is 0.589. The van der Waals surface area contributed by atoms with Crippen LogP contribution in [-0.4, -0.2) is 46.8 Å². The molecule has 1 fully saturated rings. The van der Waals surface area contributed by atoms with Crippen LogP contribution in [0.4, 0.5) is 24.7 Å². The van der Waals surface area contributed by atoms with Crippen molar-refractivity contribution < 1.29 is 27.8 Å². The lowest BCUT2D eigenvalue weighted by molar-refractivity contribution is -0.170. The number of hydrogen-bond donors (Lipinski definition) is 2. The summed E-state index contributed by atoms with van der Waals surface area (Å²) >= 11 is 0. The number of aliphatic hydroxyl groups is 1. The van der Waals surface area contributed by atoms with Crippen molar-refractivity contribution in [1.82, 2.24) is 9.97 Å². The fourth-order valence-corrected chi connectivity index (χ4v) is 5.28. The van der Waals surface area contributed by atoms with E-state index in [1.54, 1.807) is 25.8 Å². The van der Waals surface area contributed by atoms with E-state index in [-0.39, 0.29) is 11.5 Å². The Labute approximate surface area is 212 Å². The van der Waals surface area contributed by atoms with Crippen LogP contribution in [0.1, 0.15) is 55.7 Å². The van der Waals surface area contributed by atoms with Crippen LogP contribution in [0, 0.1) is 12.7 Å². The molecule has 1 amide bonds. The molecule has 0 unspecified atom stereocenters. The molecule has 7 nitrogen and oxygen atoms in total. The van der Waals surface area contributed by atoms with E-state index < -0.39 is 34.4 Å². The molecule has 3 aromatic rings. The van der Waals surface area contributed by atoms with Gasteiger partial charge in [-0.15, -0.1) is 0 Å². The minimum atomic E-state index is -3.80. The smallest absolute Gasteiger partial charge is 0.303 e. The molecule has 1 spiro atoms. The molecular formula is C27H29F3N4O3. The van der Waals surface area contributed by atoms with Gasteiger partial charge in [-0.1, -0.05) is 12.1 Å². The lowest BCUT2D eigenvalue weighted by Crippen LogP contribution is -2.41. The topological polar surface area (TPSA) is 87.6 Å². The standard InChI is InChI=1S/C27H29F3N4O3/c1-14(16-7-6-8-18(22(16)28)27(29,30)25(3,4)36)31-23-17-11-21-19(12-20(17)32-15(2)33-23)26(9-10-37-13-26)24(35)34(21)5/h6-8,11-12,14,36H,9-10,13H2,1-5H3,(H,31,32,33)/t14-,26+/m1/s1. The highest BCUT2D eigenvalue weighted by molar-refractivity contribution is 6.11. The summed E-state index contributed by atoms with van der Waals surface area (Å²) in [7, 11) is 1.72. The van der Waals surface area contributed by atoms with Crippen LogP contribution in [0.25, 0.3) is 10.9 Å². The summed E-state index contributed by atoms with van der Waals surface area (Å²) in [6, 6.07) is 6.70. The van der Waals surface area contributed by atoms with Crippen LogP contribution in [0.15, 0.2) is 30.3 Å². The van der Waals surface area contributed by atoms with Crippen LogP contribution in [-0.2, 0) is 20.9 Å². The number of aromatic nitrogens is 2. The number of anilines is 2. The van der Waals surface area contributed by atoms with Gasteiger partial charge in [-0.3, -0.25) is 4.79 Å². The quantitative estimate of drug-likeness (QED) is 0.511. The fraction of sp³-hybridized carbons (Fsp3) is 0.444. The number of alkyl halides is 2. The molecular weight excluding hydrogens is 485 g/mol. The second-order valence-electron chi connectivity index (χ2n) is 10.5. The third-order valence-corrected chi connectivity index (χ3v) is 7.49. The number of hydrogen-bond acceptors (Lipinski definition) is 6. The molecule has 0 aliphatic carbocycles. The second kappa shape index (κ2) is 8.39. The first-order valence-corrected chi connectivity index (χ1v) is 12.1. The summed E-state index contributed by atoms with van der Waals surface area (Å²) in [5.41, 5.74) is -1.86. The van der Waals surface area contributed by atoms with Gasteiger partial charge >= 0.3 is 5.92 Å². The molecule has 0 saturated carbocycles. The van der Waals surface area contributed by atoms with Crippen molar-refractivity contribution in [3.63, 3.8) is 0 Å². The molecule has 1 aromatic heterocycles. The first-order chi connectivity index (χ1) is 17.3. The van der Waals surface area contributed by atoms with Gasteiger partial charge in [0.05, 0.1) is 23.7 Å². The largest absolute Gasteiger partial charge is 0.384 e. The number of rotatable bonds is 5. The molecule has 2 N–H and O–H groups in total. The number of amides is 1. The average molecular weight is 515 g/mol. The van der Waals surface area contributed by atoms with Gasteiger partial charge in [0.15, 0.2) is 0 Å². The first kappa shape index (κ1) is 25.4. The van der Waals surface area contributed by atoms with Gasteiger partial charge in [0.2, 0.25) is 5.91 Å². The van der Waals surface area contributed by atoms with Crippen LogP contribution in [0.5, 0.6) is 0 Å². The van der Waals surface area contributed by atoms with Gasteiger partial charge in [-0.05, 0) is 57.9 Å². The number of nitrogens with zero attached hydrogens (tertiary/aromatic N) is 3. The summed E-state index contributed by atoms with van der Waals surface area (Å²) in [6.45, 7) is 6.06. The molecule has 5 rings (SSSR count). The number of halogens is 3. The van der Waals surface area contributed by atoms with Crippen LogP contribution < -0.4 is 10.2 Å². The van der Waals surface area contributed by atoms with Crippen molar-refractivity contribution in [1.29, 1.82) is 0 Å². The van der Waals surface area contributed by atoms with Gasteiger partial charge in [-0.2, -0.15) is 8.78 Å². The van der Waals surface area contributed by atoms with E-state index in [4.69, 9.17) is 4.74 Å². The minimum absolute atomic E-state index is 0.00125. The zero-order valence-corrected chi connectivity index (χ0v) is 21.3. The third-order valence-electron chi connectivity index (χ3n) is 7.49. The van der Waals surface area contributed by atoms with Gasteiger partial charge in [-0.25, -0.2) is 14.4 Å². The molecule has 1 saturated heterocycles. The number of ether oxygens (including phenoxy) is 1. The first-order valence-electron chi connectivity index (χ1n) is 12.1. The Morgan fingerprint density at radius 1 is 1.24 bits per heavy atom. The van der Waals surface area contributed by atoms with Crippen molar-refractivity contribution in [2.45, 2.75) is 57.1 Å². The molecule has 2 aromatic carbocycles. The average Bonchev–Trinajstić information content (AvgIpc) is 3.38. The Hall–Kier alpha value is -3.24. The zero-order chi connectivity index (χ0) is 26.9. The number of nitrogens with one attached hydrogen (secondary N) is 1. The normalized spacial score (nSPS) is 20.7. The molecule has 37 heavy (non-hydrogen) atoms. The van der Waals surface area contributed by atoms with Crippen LogP contribution in [0.2, 0.25) is 0 Å². The molecule has 2 aliphatic heterocycles. The van der Waals surface area contributed by atoms with E-state index in [2.05, 4.69) is 15.3 Å². The Morgan fingerprint density at radius 2 is 1.97 bits per heavy atom. The summed E-state index contributed by atoms with van der Waals surface area (Å²) < 4.78 is 50.6. The molecule has 2 atom stereocenters. The monoisotopic (exact) mass is 514 g/mol. The van der Waals surface area contributed by atoms with Crippen molar-refractivity contribution in [3.05, 3.63) is 58.7 Å². The highest BCUT2D eigenvalue weighted by Gasteiger charge is 2.52. The Morgan fingerprint density at radius 3 is 2.62 bits per heavy atom. The minimum Gasteiger partial charge on any atom is -0.384 e. The van der Waals surface area contributed by atoms with Gasteiger partial charge in [0, 0.05) is 30.3 Å². The second-order valence-corrected chi connectivity index (χ2v) is 10.5. The van der Waals surface area contributed by atoms with Crippen LogP contribution in [0.3, 0.4) is 0 Å². The fourth-order valence-electron chi connectivity index (χ4n) is 5.28. The number of fused-ring (bicyclic) bond motifs is 3. The van der Waals surface area contributed by atoms with Crippen LogP contribution >= 0.6 is 0 Å². The van der Waals surface area contributed by atoms with E-state index >= 15 is 4.39 Å².